The Kier molecular flexibility index (Phi) is 7.70. The van der Waals surface area contributed by atoms with Gasteiger partial charge in [-0.25, -0.2) is 9.97 Å². The molecule has 0 aliphatic carbocycles. The zero-order chi connectivity index (χ0) is 24.7. The Labute approximate surface area is 199 Å². The van der Waals surface area contributed by atoms with Gasteiger partial charge in [0.05, 0.1) is 18.4 Å². The highest BCUT2D eigenvalue weighted by molar-refractivity contribution is 5.74. The summed E-state index contributed by atoms with van der Waals surface area (Å²) in [7, 11) is 1.52. The van der Waals surface area contributed by atoms with Gasteiger partial charge in [-0.2, -0.15) is 5.21 Å². The van der Waals surface area contributed by atoms with Gasteiger partial charge in [0, 0.05) is 24.6 Å². The van der Waals surface area contributed by atoms with Crippen LogP contribution >= 0.6 is 0 Å². The number of hydrogen-bond donors (Lipinski definition) is 2. The molecule has 0 saturated heterocycles. The highest BCUT2D eigenvalue weighted by Gasteiger charge is 2.41. The molecule has 1 atom stereocenters. The van der Waals surface area contributed by atoms with Gasteiger partial charge < -0.3 is 14.7 Å². The number of aliphatic hydroxyl groups is 1. The summed E-state index contributed by atoms with van der Waals surface area (Å²) < 4.78 is 5.38. The van der Waals surface area contributed by atoms with Crippen molar-refractivity contribution in [3.63, 3.8) is 0 Å². The maximum atomic E-state index is 12.1. The van der Waals surface area contributed by atoms with E-state index in [9.17, 15) is 5.11 Å². The molecule has 2 aromatic heterocycles. The van der Waals surface area contributed by atoms with E-state index in [1.165, 1.54) is 7.11 Å². The summed E-state index contributed by atoms with van der Waals surface area (Å²) in [6.07, 6.45) is 5.04. The molecule has 0 saturated carbocycles. The topological polar surface area (TPSA) is 113 Å². The second-order valence-electron chi connectivity index (χ2n) is 7.65. The number of methoxy groups -OCH3 is 1. The summed E-state index contributed by atoms with van der Waals surface area (Å²) in [4.78, 5) is 10.6. The van der Waals surface area contributed by atoms with Gasteiger partial charge in [0.25, 0.3) is 0 Å². The third-order valence-corrected chi connectivity index (χ3v) is 5.36. The molecule has 2 N–H and O–H groups in total. The summed E-state index contributed by atoms with van der Waals surface area (Å²) in [6, 6.07) is 10.9. The predicted octanol–water partition coefficient (Wildman–Crippen LogP) is 3.60. The molecule has 9 heteroatoms. The van der Waals surface area contributed by atoms with E-state index in [4.69, 9.17) is 4.74 Å². The average Bonchev–Trinajstić information content (AvgIpc) is 3.40. The van der Waals surface area contributed by atoms with Crippen LogP contribution in [0.4, 0.5) is 0 Å². The van der Waals surface area contributed by atoms with Gasteiger partial charge in [-0.15, -0.1) is 10.2 Å². The van der Waals surface area contributed by atoms with E-state index in [-0.39, 0.29) is 5.82 Å². The summed E-state index contributed by atoms with van der Waals surface area (Å²) in [5, 5.41) is 26.4. The SMILES string of the molecule is C=C(OC)/C(=C\C(=C(C)C)N(CC)C(=C)C(O)(c1ccccc1)c1ncccn1)c1nn[nH]n1. The van der Waals surface area contributed by atoms with Crippen molar-refractivity contribution < 1.29 is 9.84 Å². The van der Waals surface area contributed by atoms with Gasteiger partial charge in [0.2, 0.25) is 5.82 Å². The first-order chi connectivity index (χ1) is 16.3. The summed E-state index contributed by atoms with van der Waals surface area (Å²) in [5.74, 6) is 0.921. The molecule has 0 bridgehead atoms. The maximum Gasteiger partial charge on any atom is 0.208 e. The monoisotopic (exact) mass is 459 g/mol. The lowest BCUT2D eigenvalue weighted by atomic mass is 9.88. The van der Waals surface area contributed by atoms with Gasteiger partial charge in [-0.3, -0.25) is 0 Å². The highest BCUT2D eigenvalue weighted by atomic mass is 16.5. The standard InChI is InChI=1S/C25H29N7O2/c1-7-32(22(17(2)3)16-21(18(4)34-6)23-28-30-31-29-23)19(5)25(33,20-12-9-8-10-13-20)24-26-14-11-15-27-24/h8-16,33H,4-5,7H2,1-3,6H3,(H,28,29,30,31)/b21-16+. The Morgan fingerprint density at radius 2 is 1.82 bits per heavy atom. The first-order valence-corrected chi connectivity index (χ1v) is 10.7. The molecule has 1 unspecified atom stereocenters. The Morgan fingerprint density at radius 1 is 1.15 bits per heavy atom. The zero-order valence-electron chi connectivity index (χ0n) is 19.9. The smallest absolute Gasteiger partial charge is 0.208 e. The molecule has 1 aromatic carbocycles. The lowest BCUT2D eigenvalue weighted by Crippen LogP contribution is -2.40. The molecule has 0 aliphatic rings. The number of benzene rings is 1. The van der Waals surface area contributed by atoms with Crippen LogP contribution in [0.5, 0.6) is 0 Å². The number of rotatable bonds is 10. The first-order valence-electron chi connectivity index (χ1n) is 10.7. The van der Waals surface area contributed by atoms with E-state index in [1.807, 2.05) is 62.1 Å². The van der Waals surface area contributed by atoms with Crippen molar-refractivity contribution >= 4 is 5.57 Å². The molecule has 0 amide bonds. The molecule has 0 radical (unpaired) electrons. The predicted molar refractivity (Wildman–Crippen MR) is 130 cm³/mol. The van der Waals surface area contributed by atoms with Crippen LogP contribution in [-0.4, -0.2) is 54.3 Å². The second kappa shape index (κ2) is 10.7. The number of hydrogen-bond acceptors (Lipinski definition) is 8. The fraction of sp³-hybridized carbons (Fsp3) is 0.240. The van der Waals surface area contributed by atoms with E-state index >= 15 is 0 Å². The van der Waals surface area contributed by atoms with E-state index in [2.05, 4.69) is 43.7 Å². The van der Waals surface area contributed by atoms with Crippen LogP contribution in [0.3, 0.4) is 0 Å². The van der Waals surface area contributed by atoms with Gasteiger partial charge in [0.1, 0.15) is 5.76 Å². The maximum absolute atomic E-state index is 12.1. The Hall–Kier alpha value is -4.11. The van der Waals surface area contributed by atoms with Crippen molar-refractivity contribution in [1.82, 2.24) is 35.5 Å². The Morgan fingerprint density at radius 3 is 2.35 bits per heavy atom. The van der Waals surface area contributed by atoms with Gasteiger partial charge in [-0.1, -0.05) is 49.1 Å². The number of nitrogens with one attached hydrogen (secondary N) is 1. The van der Waals surface area contributed by atoms with Crippen LogP contribution in [0, 0.1) is 0 Å². The quantitative estimate of drug-likeness (QED) is 0.349. The number of allylic oxidation sites excluding steroid dienone is 3. The summed E-state index contributed by atoms with van der Waals surface area (Å²) in [6.45, 7) is 14.7. The molecule has 9 nitrogen and oxygen atoms in total. The number of H-pyrrole nitrogens is 1. The van der Waals surface area contributed by atoms with Crippen molar-refractivity contribution in [2.45, 2.75) is 26.4 Å². The normalized spacial score (nSPS) is 13.0. The molecule has 3 aromatic rings. The zero-order valence-corrected chi connectivity index (χ0v) is 19.9. The molecular formula is C25H29N7O2. The third-order valence-electron chi connectivity index (χ3n) is 5.36. The van der Waals surface area contributed by atoms with E-state index < -0.39 is 5.60 Å². The van der Waals surface area contributed by atoms with Crippen LogP contribution in [0.25, 0.3) is 5.57 Å². The van der Waals surface area contributed by atoms with Gasteiger partial charge >= 0.3 is 0 Å². The van der Waals surface area contributed by atoms with Crippen molar-refractivity contribution in [3.8, 4) is 0 Å². The third kappa shape index (κ3) is 4.79. The molecule has 34 heavy (non-hydrogen) atoms. The molecule has 176 valence electrons. The minimum absolute atomic E-state index is 0.224. The van der Waals surface area contributed by atoms with Crippen LogP contribution in [0.15, 0.2) is 90.8 Å². The first kappa shape index (κ1) is 24.5. The summed E-state index contributed by atoms with van der Waals surface area (Å²) >= 11 is 0. The van der Waals surface area contributed by atoms with E-state index in [1.54, 1.807) is 18.5 Å². The molecule has 0 fully saturated rings. The van der Waals surface area contributed by atoms with Crippen molar-refractivity contribution in [3.05, 3.63) is 108 Å². The van der Waals surface area contributed by atoms with Gasteiger partial charge in [0.15, 0.2) is 11.4 Å². The molecule has 0 aliphatic heterocycles. The molecule has 3 rings (SSSR count). The lowest BCUT2D eigenvalue weighted by molar-refractivity contribution is 0.0831. The Bertz CT molecular complexity index is 1140. The molecular weight excluding hydrogens is 430 g/mol. The minimum Gasteiger partial charge on any atom is -0.497 e. The largest absolute Gasteiger partial charge is 0.497 e. The van der Waals surface area contributed by atoms with Crippen LogP contribution in [0.1, 0.15) is 38.0 Å². The Balaban J connectivity index is 2.18. The number of aromatic amines is 1. The highest BCUT2D eigenvalue weighted by Crippen LogP contribution is 2.38. The van der Waals surface area contributed by atoms with Crippen molar-refractivity contribution in [2.24, 2.45) is 0 Å². The van der Waals surface area contributed by atoms with Crippen LogP contribution < -0.4 is 0 Å². The molecule has 0 spiro atoms. The fourth-order valence-electron chi connectivity index (χ4n) is 3.58. The van der Waals surface area contributed by atoms with E-state index in [0.29, 0.717) is 35.0 Å². The number of ether oxygens (including phenoxy) is 1. The number of aromatic nitrogens is 6. The second-order valence-corrected chi connectivity index (χ2v) is 7.65. The summed E-state index contributed by atoms with van der Waals surface area (Å²) in [5.41, 5.74) is 1.56. The fourth-order valence-corrected chi connectivity index (χ4v) is 3.58. The van der Waals surface area contributed by atoms with Gasteiger partial charge in [-0.05, 0) is 43.7 Å². The molecule has 2 heterocycles. The van der Waals surface area contributed by atoms with Crippen molar-refractivity contribution in [2.75, 3.05) is 13.7 Å². The van der Waals surface area contributed by atoms with E-state index in [0.717, 1.165) is 11.3 Å². The minimum atomic E-state index is -1.68. The average molecular weight is 460 g/mol. The van der Waals surface area contributed by atoms with Crippen molar-refractivity contribution in [1.29, 1.82) is 0 Å². The van der Waals surface area contributed by atoms with Crippen LogP contribution in [-0.2, 0) is 10.3 Å². The number of likely N-dealkylation sites (N-methyl/N-ethyl adjacent to an activating group) is 1. The lowest BCUT2D eigenvalue weighted by Gasteiger charge is -2.38. The number of tetrazole rings is 1. The number of nitrogens with zero attached hydrogens (tertiary/aromatic N) is 6. The van der Waals surface area contributed by atoms with Crippen LogP contribution in [0.2, 0.25) is 0 Å².